The van der Waals surface area contributed by atoms with E-state index in [9.17, 15) is 4.39 Å². The van der Waals surface area contributed by atoms with Crippen LogP contribution in [0, 0.1) is 5.82 Å². The first-order valence-electron chi connectivity index (χ1n) is 7.95. The van der Waals surface area contributed by atoms with Crippen LogP contribution in [-0.4, -0.2) is 16.5 Å². The molecule has 1 aromatic heterocycles. The summed E-state index contributed by atoms with van der Waals surface area (Å²) in [5, 5.41) is 3.11. The highest BCUT2D eigenvalue weighted by molar-refractivity contribution is 5.55. The quantitative estimate of drug-likeness (QED) is 0.794. The summed E-state index contributed by atoms with van der Waals surface area (Å²) in [6.07, 6.45) is 2.76. The normalized spacial score (nSPS) is 13.5. The van der Waals surface area contributed by atoms with E-state index in [-0.39, 0.29) is 5.82 Å². The number of hydrogen-bond donors (Lipinski definition) is 1. The Labute approximate surface area is 140 Å². The Hall–Kier alpha value is -2.95. The van der Waals surface area contributed by atoms with Crippen LogP contribution in [0.15, 0.2) is 60.8 Å². The van der Waals surface area contributed by atoms with Crippen molar-refractivity contribution in [1.29, 1.82) is 0 Å². The highest BCUT2D eigenvalue weighted by atomic mass is 19.1. The highest BCUT2D eigenvalue weighted by Gasteiger charge is 2.17. The minimum atomic E-state index is -0.262. The van der Waals surface area contributed by atoms with Crippen LogP contribution in [0.3, 0.4) is 0 Å². The van der Waals surface area contributed by atoms with Gasteiger partial charge in [0.25, 0.3) is 0 Å². The van der Waals surface area contributed by atoms with Crippen molar-refractivity contribution in [3.63, 3.8) is 0 Å². The van der Waals surface area contributed by atoms with Crippen LogP contribution in [0.1, 0.15) is 11.1 Å². The Kier molecular flexibility index (Phi) is 3.83. The molecule has 0 amide bonds. The maximum Gasteiger partial charge on any atom is 0.229 e. The van der Waals surface area contributed by atoms with Crippen LogP contribution in [-0.2, 0) is 13.0 Å². The molecule has 0 fully saturated rings. The number of benzene rings is 2. The van der Waals surface area contributed by atoms with Gasteiger partial charge < -0.3 is 10.2 Å². The molecule has 5 heteroatoms. The maximum atomic E-state index is 13.0. The van der Waals surface area contributed by atoms with Crippen molar-refractivity contribution in [3.8, 4) is 0 Å². The van der Waals surface area contributed by atoms with Crippen LogP contribution in [0.2, 0.25) is 0 Å². The van der Waals surface area contributed by atoms with Crippen molar-refractivity contribution in [2.45, 2.75) is 13.0 Å². The molecule has 4 rings (SSSR count). The number of aromatic nitrogens is 2. The fourth-order valence-corrected chi connectivity index (χ4v) is 2.94. The van der Waals surface area contributed by atoms with Crippen molar-refractivity contribution < 1.29 is 4.39 Å². The lowest BCUT2D eigenvalue weighted by molar-refractivity contribution is 0.628. The Balaban J connectivity index is 1.54. The minimum Gasteiger partial charge on any atom is -0.352 e. The smallest absolute Gasteiger partial charge is 0.229 e. The summed E-state index contributed by atoms with van der Waals surface area (Å²) in [5.74, 6) is 1.14. The minimum absolute atomic E-state index is 0.262. The summed E-state index contributed by atoms with van der Waals surface area (Å²) in [6.45, 7) is 1.78. The van der Waals surface area contributed by atoms with E-state index in [0.29, 0.717) is 5.95 Å². The van der Waals surface area contributed by atoms with Gasteiger partial charge in [-0.3, -0.25) is 0 Å². The Bertz CT molecular complexity index is 848. The first-order chi connectivity index (χ1) is 11.8. The first-order valence-corrected chi connectivity index (χ1v) is 7.95. The molecule has 120 valence electrons. The van der Waals surface area contributed by atoms with E-state index < -0.39 is 0 Å². The Morgan fingerprint density at radius 1 is 0.958 bits per heavy atom. The molecule has 0 bridgehead atoms. The van der Waals surface area contributed by atoms with Crippen molar-refractivity contribution in [3.05, 3.63) is 77.7 Å². The number of anilines is 3. The second-order valence-electron chi connectivity index (χ2n) is 5.81. The van der Waals surface area contributed by atoms with E-state index in [1.54, 1.807) is 18.3 Å². The van der Waals surface area contributed by atoms with E-state index in [2.05, 4.69) is 44.5 Å². The molecule has 0 atom stereocenters. The molecular weight excluding hydrogens is 303 g/mol. The number of fused-ring (bicyclic) bond motifs is 1. The van der Waals surface area contributed by atoms with E-state index in [4.69, 9.17) is 0 Å². The summed E-state index contributed by atoms with van der Waals surface area (Å²) in [5.41, 5.74) is 3.51. The summed E-state index contributed by atoms with van der Waals surface area (Å²) < 4.78 is 13.0. The van der Waals surface area contributed by atoms with Gasteiger partial charge in [0.2, 0.25) is 5.95 Å². The lowest BCUT2D eigenvalue weighted by atomic mass is 10.00. The average molecular weight is 320 g/mol. The fourth-order valence-electron chi connectivity index (χ4n) is 2.94. The van der Waals surface area contributed by atoms with Crippen LogP contribution < -0.4 is 10.2 Å². The first kappa shape index (κ1) is 14.6. The van der Waals surface area contributed by atoms with Gasteiger partial charge >= 0.3 is 0 Å². The van der Waals surface area contributed by atoms with Crippen LogP contribution in [0.5, 0.6) is 0 Å². The van der Waals surface area contributed by atoms with Gasteiger partial charge in [0, 0.05) is 25.0 Å². The van der Waals surface area contributed by atoms with Crippen molar-refractivity contribution in [2.24, 2.45) is 0 Å². The van der Waals surface area contributed by atoms with Gasteiger partial charge in [0.15, 0.2) is 0 Å². The predicted octanol–water partition coefficient (Wildman–Crippen LogP) is 3.92. The monoisotopic (exact) mass is 320 g/mol. The number of halogens is 1. The molecule has 0 saturated heterocycles. The summed E-state index contributed by atoms with van der Waals surface area (Å²) in [7, 11) is 0. The van der Waals surface area contributed by atoms with E-state index in [1.165, 1.54) is 23.3 Å². The van der Waals surface area contributed by atoms with Crippen molar-refractivity contribution in [1.82, 2.24) is 9.97 Å². The average Bonchev–Trinajstić information content (AvgIpc) is 2.63. The molecule has 0 unspecified atom stereocenters. The third-order valence-corrected chi connectivity index (χ3v) is 4.20. The predicted molar refractivity (Wildman–Crippen MR) is 92.9 cm³/mol. The van der Waals surface area contributed by atoms with Gasteiger partial charge in [-0.15, -0.1) is 0 Å². The molecule has 0 aliphatic carbocycles. The molecule has 0 spiro atoms. The third kappa shape index (κ3) is 3.06. The number of nitrogens with one attached hydrogen (secondary N) is 1. The molecule has 2 heterocycles. The second-order valence-corrected chi connectivity index (χ2v) is 5.81. The van der Waals surface area contributed by atoms with Gasteiger partial charge in [0.05, 0.1) is 0 Å². The SMILES string of the molecule is Fc1ccc(Nc2nccc(N3CCc4ccccc4C3)n2)cc1. The van der Waals surface area contributed by atoms with E-state index in [0.717, 1.165) is 31.0 Å². The number of rotatable bonds is 3. The fraction of sp³-hybridized carbons (Fsp3) is 0.158. The van der Waals surface area contributed by atoms with Gasteiger partial charge in [-0.1, -0.05) is 24.3 Å². The molecule has 0 saturated carbocycles. The van der Waals surface area contributed by atoms with E-state index in [1.807, 2.05) is 6.07 Å². The molecule has 1 aliphatic heterocycles. The zero-order valence-electron chi connectivity index (χ0n) is 13.1. The summed E-state index contributed by atoms with van der Waals surface area (Å²) >= 11 is 0. The Morgan fingerprint density at radius 3 is 2.58 bits per heavy atom. The van der Waals surface area contributed by atoms with Crippen LogP contribution >= 0.6 is 0 Å². The lowest BCUT2D eigenvalue weighted by Gasteiger charge is -2.29. The molecule has 1 aliphatic rings. The topological polar surface area (TPSA) is 41.1 Å². The zero-order chi connectivity index (χ0) is 16.4. The molecule has 0 radical (unpaired) electrons. The molecule has 2 aromatic carbocycles. The van der Waals surface area contributed by atoms with Gasteiger partial charge in [-0.25, -0.2) is 9.37 Å². The van der Waals surface area contributed by atoms with Crippen LogP contribution in [0.25, 0.3) is 0 Å². The van der Waals surface area contributed by atoms with Crippen molar-refractivity contribution in [2.75, 3.05) is 16.8 Å². The molecular formula is C19H17FN4. The standard InChI is InChI=1S/C19H17FN4/c20-16-5-7-17(8-6-16)22-19-21-11-9-18(23-19)24-12-10-14-3-1-2-4-15(14)13-24/h1-9,11H,10,12-13H2,(H,21,22,23). The maximum absolute atomic E-state index is 13.0. The third-order valence-electron chi connectivity index (χ3n) is 4.20. The van der Waals surface area contributed by atoms with E-state index >= 15 is 0 Å². The zero-order valence-corrected chi connectivity index (χ0v) is 13.1. The molecule has 3 aromatic rings. The molecule has 4 nitrogen and oxygen atoms in total. The number of hydrogen-bond acceptors (Lipinski definition) is 4. The summed E-state index contributed by atoms with van der Waals surface area (Å²) in [6, 6.07) is 16.6. The highest BCUT2D eigenvalue weighted by Crippen LogP contribution is 2.24. The summed E-state index contributed by atoms with van der Waals surface area (Å²) in [4.78, 5) is 11.1. The van der Waals surface area contributed by atoms with Gasteiger partial charge in [-0.05, 0) is 47.9 Å². The molecule has 1 N–H and O–H groups in total. The Morgan fingerprint density at radius 2 is 1.75 bits per heavy atom. The second kappa shape index (κ2) is 6.28. The van der Waals surface area contributed by atoms with Gasteiger partial charge in [0.1, 0.15) is 11.6 Å². The van der Waals surface area contributed by atoms with Crippen molar-refractivity contribution >= 4 is 17.5 Å². The molecule has 24 heavy (non-hydrogen) atoms. The largest absolute Gasteiger partial charge is 0.352 e. The van der Waals surface area contributed by atoms with Gasteiger partial charge in [-0.2, -0.15) is 4.98 Å². The number of nitrogens with zero attached hydrogens (tertiary/aromatic N) is 3. The van der Waals surface area contributed by atoms with Crippen LogP contribution in [0.4, 0.5) is 21.8 Å². The lowest BCUT2D eigenvalue weighted by Crippen LogP contribution is -2.31.